The molecule has 0 unspecified atom stereocenters. The number of urea groups is 1. The van der Waals surface area contributed by atoms with E-state index in [1.807, 2.05) is 36.9 Å². The number of carbonyl (C=O) groups excluding carboxylic acids is 4. The van der Waals surface area contributed by atoms with E-state index >= 15 is 0 Å². The molecule has 0 bridgehead atoms. The van der Waals surface area contributed by atoms with Crippen molar-refractivity contribution in [3.63, 3.8) is 0 Å². The molecule has 2 saturated heterocycles. The summed E-state index contributed by atoms with van der Waals surface area (Å²) >= 11 is 0. The summed E-state index contributed by atoms with van der Waals surface area (Å²) in [7, 11) is 0. The molecule has 1 aliphatic carbocycles. The minimum Gasteiger partial charge on any atom is -0.325 e. The predicted molar refractivity (Wildman–Crippen MR) is 131 cm³/mol. The number of benzene rings is 1. The first-order valence-electron chi connectivity index (χ1n) is 12.4. The Morgan fingerprint density at radius 2 is 1.60 bits per heavy atom. The van der Waals surface area contributed by atoms with E-state index < -0.39 is 17.5 Å². The summed E-state index contributed by atoms with van der Waals surface area (Å²) in [6.07, 6.45) is 2.95. The molecule has 35 heavy (non-hydrogen) atoms. The normalized spacial score (nSPS) is 25.6. The van der Waals surface area contributed by atoms with Crippen LogP contribution in [0.25, 0.3) is 0 Å². The molecule has 2 aliphatic heterocycles. The standard InChI is InChI=1S/C25H36N6O4/c1-17-7-9-25(10-8-17)23(34)31(24(35)27-25)28-22(33)16-30-13-11-29(12-14-30)15-21(32)26-20-6-4-5-18(2)19(20)3/h4-6,17H,7-16H2,1-3H3,(H,26,32)(H,27,35)(H,28,33). The van der Waals surface area contributed by atoms with Crippen molar-refractivity contribution in [2.45, 2.75) is 52.0 Å². The number of hydrogen-bond donors (Lipinski definition) is 3. The predicted octanol–water partition coefficient (Wildman–Crippen LogP) is 1.39. The fourth-order valence-corrected chi connectivity index (χ4v) is 5.06. The van der Waals surface area contributed by atoms with Gasteiger partial charge in [0.2, 0.25) is 5.91 Å². The summed E-state index contributed by atoms with van der Waals surface area (Å²) < 4.78 is 0. The van der Waals surface area contributed by atoms with Crippen LogP contribution < -0.4 is 16.1 Å². The van der Waals surface area contributed by atoms with Gasteiger partial charge in [0.25, 0.3) is 11.8 Å². The number of nitrogens with one attached hydrogen (secondary N) is 3. The second kappa shape index (κ2) is 10.3. The maximum atomic E-state index is 12.9. The first-order chi connectivity index (χ1) is 16.7. The summed E-state index contributed by atoms with van der Waals surface area (Å²) in [6.45, 7) is 9.06. The smallest absolute Gasteiger partial charge is 0.325 e. The Hall–Kier alpha value is -2.98. The van der Waals surface area contributed by atoms with Gasteiger partial charge < -0.3 is 10.6 Å². The molecule has 1 spiro atoms. The lowest BCUT2D eigenvalue weighted by atomic mass is 9.77. The number of carbonyl (C=O) groups is 4. The van der Waals surface area contributed by atoms with Crippen LogP contribution in [0.4, 0.5) is 10.5 Å². The van der Waals surface area contributed by atoms with E-state index in [-0.39, 0.29) is 24.9 Å². The summed E-state index contributed by atoms with van der Waals surface area (Å²) in [5.41, 5.74) is 4.65. The monoisotopic (exact) mass is 484 g/mol. The maximum absolute atomic E-state index is 12.9. The van der Waals surface area contributed by atoms with Crippen LogP contribution in [-0.4, -0.2) is 83.4 Å². The van der Waals surface area contributed by atoms with E-state index in [2.05, 4.69) is 27.9 Å². The van der Waals surface area contributed by atoms with Gasteiger partial charge in [0.1, 0.15) is 5.54 Å². The van der Waals surface area contributed by atoms with E-state index in [0.717, 1.165) is 34.7 Å². The molecule has 3 N–H and O–H groups in total. The number of rotatable bonds is 6. The fraction of sp³-hybridized carbons (Fsp3) is 0.600. The van der Waals surface area contributed by atoms with Crippen molar-refractivity contribution >= 4 is 29.4 Å². The van der Waals surface area contributed by atoms with Crippen LogP contribution in [0.5, 0.6) is 0 Å². The van der Waals surface area contributed by atoms with Gasteiger partial charge >= 0.3 is 6.03 Å². The van der Waals surface area contributed by atoms with Crippen molar-refractivity contribution in [1.29, 1.82) is 0 Å². The molecule has 10 nitrogen and oxygen atoms in total. The quantitative estimate of drug-likeness (QED) is 0.526. The maximum Gasteiger partial charge on any atom is 0.344 e. The van der Waals surface area contributed by atoms with Crippen LogP contribution in [0.2, 0.25) is 0 Å². The molecule has 3 fully saturated rings. The molecule has 10 heteroatoms. The van der Waals surface area contributed by atoms with Crippen LogP contribution >= 0.6 is 0 Å². The molecule has 2 heterocycles. The van der Waals surface area contributed by atoms with Crippen molar-refractivity contribution in [2.75, 3.05) is 44.6 Å². The lowest BCUT2D eigenvalue weighted by Crippen LogP contribution is -2.55. The third-order valence-electron chi connectivity index (χ3n) is 7.60. The largest absolute Gasteiger partial charge is 0.344 e. The number of piperazine rings is 1. The minimum atomic E-state index is -0.875. The van der Waals surface area contributed by atoms with Gasteiger partial charge in [-0.25, -0.2) is 4.79 Å². The van der Waals surface area contributed by atoms with Gasteiger partial charge in [-0.3, -0.25) is 29.6 Å². The number of hydrogen-bond acceptors (Lipinski definition) is 6. The van der Waals surface area contributed by atoms with Crippen LogP contribution in [-0.2, 0) is 14.4 Å². The molecule has 1 aromatic carbocycles. The van der Waals surface area contributed by atoms with Crippen molar-refractivity contribution < 1.29 is 19.2 Å². The van der Waals surface area contributed by atoms with Crippen molar-refractivity contribution in [1.82, 2.24) is 25.6 Å². The van der Waals surface area contributed by atoms with E-state index in [4.69, 9.17) is 0 Å². The van der Waals surface area contributed by atoms with Crippen molar-refractivity contribution in [3.05, 3.63) is 29.3 Å². The highest BCUT2D eigenvalue weighted by molar-refractivity contribution is 6.08. The Bertz CT molecular complexity index is 996. The zero-order valence-electron chi connectivity index (χ0n) is 20.9. The second-order valence-electron chi connectivity index (χ2n) is 10.2. The Balaban J connectivity index is 1.21. The van der Waals surface area contributed by atoms with Gasteiger partial charge in [-0.05, 0) is 62.6 Å². The lowest BCUT2D eigenvalue weighted by Gasteiger charge is -2.34. The van der Waals surface area contributed by atoms with Crippen molar-refractivity contribution in [3.8, 4) is 0 Å². The van der Waals surface area contributed by atoms with Gasteiger partial charge in [0, 0.05) is 31.9 Å². The first kappa shape index (κ1) is 25.1. The summed E-state index contributed by atoms with van der Waals surface area (Å²) in [4.78, 5) is 54.4. The Morgan fingerprint density at radius 1 is 1.00 bits per heavy atom. The Morgan fingerprint density at radius 3 is 2.23 bits per heavy atom. The molecule has 0 aromatic heterocycles. The molecule has 5 amide bonds. The van der Waals surface area contributed by atoms with Gasteiger partial charge in [-0.2, -0.15) is 5.01 Å². The van der Waals surface area contributed by atoms with Gasteiger partial charge in [0.05, 0.1) is 13.1 Å². The molecule has 190 valence electrons. The average Bonchev–Trinajstić information content (AvgIpc) is 3.04. The molecule has 0 radical (unpaired) electrons. The second-order valence-corrected chi connectivity index (χ2v) is 10.2. The van der Waals surface area contributed by atoms with Gasteiger partial charge in [-0.1, -0.05) is 19.1 Å². The fourth-order valence-electron chi connectivity index (χ4n) is 5.06. The van der Waals surface area contributed by atoms with Gasteiger partial charge in [-0.15, -0.1) is 0 Å². The zero-order chi connectivity index (χ0) is 25.2. The van der Waals surface area contributed by atoms with Crippen LogP contribution in [0, 0.1) is 19.8 Å². The molecule has 3 aliphatic rings. The van der Waals surface area contributed by atoms with E-state index in [1.54, 1.807) is 0 Å². The lowest BCUT2D eigenvalue weighted by molar-refractivity contribution is -0.140. The number of aryl methyl sites for hydroxylation is 1. The molecule has 1 saturated carbocycles. The van der Waals surface area contributed by atoms with Gasteiger partial charge in [0.15, 0.2) is 0 Å². The van der Waals surface area contributed by atoms with Crippen molar-refractivity contribution in [2.24, 2.45) is 5.92 Å². The van der Waals surface area contributed by atoms with E-state index in [1.165, 1.54) is 0 Å². The average molecular weight is 485 g/mol. The van der Waals surface area contributed by atoms with E-state index in [9.17, 15) is 19.2 Å². The molecular formula is C25H36N6O4. The van der Waals surface area contributed by atoms with E-state index in [0.29, 0.717) is 44.9 Å². The third-order valence-corrected chi connectivity index (χ3v) is 7.60. The Kier molecular flexibility index (Phi) is 7.42. The minimum absolute atomic E-state index is 0.0607. The molecule has 0 atom stereocenters. The third kappa shape index (κ3) is 5.65. The number of imide groups is 1. The van der Waals surface area contributed by atoms with Crippen LogP contribution in [0.15, 0.2) is 18.2 Å². The summed E-state index contributed by atoms with van der Waals surface area (Å²) in [5, 5.41) is 6.65. The molecular weight excluding hydrogens is 448 g/mol. The first-order valence-corrected chi connectivity index (χ1v) is 12.4. The number of anilines is 1. The number of hydrazine groups is 1. The van der Waals surface area contributed by atoms with Crippen LogP contribution in [0.1, 0.15) is 43.7 Å². The summed E-state index contributed by atoms with van der Waals surface area (Å²) in [5.74, 6) is -0.280. The topological polar surface area (TPSA) is 114 Å². The highest BCUT2D eigenvalue weighted by Crippen LogP contribution is 2.35. The summed E-state index contributed by atoms with van der Waals surface area (Å²) in [6, 6.07) is 5.29. The Labute approximate surface area is 206 Å². The SMILES string of the molecule is Cc1cccc(NC(=O)CN2CCN(CC(=O)NN3C(=O)NC4(CCC(C)CC4)C3=O)CC2)c1C. The molecule has 4 rings (SSSR count). The molecule has 1 aromatic rings. The van der Waals surface area contributed by atoms with Crippen LogP contribution in [0.3, 0.4) is 0 Å². The number of amides is 5. The number of nitrogens with zero attached hydrogens (tertiary/aromatic N) is 3. The highest BCUT2D eigenvalue weighted by Gasteiger charge is 2.52. The zero-order valence-corrected chi connectivity index (χ0v) is 20.9. The highest BCUT2D eigenvalue weighted by atomic mass is 16.2.